The second-order valence-corrected chi connectivity index (χ2v) is 7.16. The van der Waals surface area contributed by atoms with Crippen molar-refractivity contribution in [3.63, 3.8) is 0 Å². The zero-order valence-electron chi connectivity index (χ0n) is 15.1. The summed E-state index contributed by atoms with van der Waals surface area (Å²) < 4.78 is 11.4. The largest absolute Gasteiger partial charge is 0.347 e. The second-order valence-electron chi connectivity index (χ2n) is 7.16. The van der Waals surface area contributed by atoms with E-state index in [-0.39, 0.29) is 23.9 Å². The van der Waals surface area contributed by atoms with E-state index >= 15 is 0 Å². The second kappa shape index (κ2) is 6.66. The number of imide groups is 1. The first kappa shape index (κ1) is 18.0. The standard InChI is InChI=1S/C18H21N3O6/c1-12-10-13(21(24)25)2-3-14(12)20-16(22)11-15(17(20)23)19-6-4-18(5-7-19)26-8-9-27-18/h2-3,10,15H,4-9,11H2,1H3/t15-/m1/s1. The lowest BCUT2D eigenvalue weighted by molar-refractivity contribution is -0.384. The number of non-ortho nitro benzene ring substituents is 1. The molecule has 27 heavy (non-hydrogen) atoms. The van der Waals surface area contributed by atoms with E-state index in [4.69, 9.17) is 9.47 Å². The maximum atomic E-state index is 13.0. The fourth-order valence-corrected chi connectivity index (χ4v) is 4.12. The van der Waals surface area contributed by atoms with Gasteiger partial charge in [-0.05, 0) is 18.6 Å². The molecule has 0 bridgehead atoms. The quantitative estimate of drug-likeness (QED) is 0.447. The zero-order valence-corrected chi connectivity index (χ0v) is 15.1. The number of benzene rings is 1. The first-order chi connectivity index (χ1) is 12.9. The molecule has 2 amide bonds. The van der Waals surface area contributed by atoms with Gasteiger partial charge in [0.2, 0.25) is 5.91 Å². The Morgan fingerprint density at radius 2 is 1.85 bits per heavy atom. The van der Waals surface area contributed by atoms with Gasteiger partial charge in [0.1, 0.15) is 0 Å². The van der Waals surface area contributed by atoms with Crippen molar-refractivity contribution in [1.82, 2.24) is 4.90 Å². The molecule has 0 N–H and O–H groups in total. The summed E-state index contributed by atoms with van der Waals surface area (Å²) >= 11 is 0. The Hall–Kier alpha value is -2.36. The number of nitro benzene ring substituents is 1. The van der Waals surface area contributed by atoms with Crippen molar-refractivity contribution in [2.24, 2.45) is 0 Å². The first-order valence-corrected chi connectivity index (χ1v) is 9.04. The smallest absolute Gasteiger partial charge is 0.269 e. The topological polar surface area (TPSA) is 102 Å². The monoisotopic (exact) mass is 375 g/mol. The van der Waals surface area contributed by atoms with E-state index in [0.29, 0.717) is 50.4 Å². The highest BCUT2D eigenvalue weighted by Crippen LogP contribution is 2.35. The van der Waals surface area contributed by atoms with Crippen LogP contribution in [0.2, 0.25) is 0 Å². The van der Waals surface area contributed by atoms with Crippen LogP contribution in [-0.2, 0) is 19.1 Å². The van der Waals surface area contributed by atoms with Gasteiger partial charge in [-0.2, -0.15) is 0 Å². The Labute approximate surface area is 156 Å². The highest BCUT2D eigenvalue weighted by Gasteiger charge is 2.47. The number of amides is 2. The van der Waals surface area contributed by atoms with Crippen molar-refractivity contribution in [1.29, 1.82) is 0 Å². The Bertz CT molecular complexity index is 794. The minimum Gasteiger partial charge on any atom is -0.347 e. The van der Waals surface area contributed by atoms with Gasteiger partial charge in [-0.1, -0.05) is 0 Å². The molecular formula is C18H21N3O6. The third-order valence-corrected chi connectivity index (χ3v) is 5.57. The van der Waals surface area contributed by atoms with Crippen molar-refractivity contribution >= 4 is 23.2 Å². The molecule has 9 nitrogen and oxygen atoms in total. The Morgan fingerprint density at radius 3 is 2.44 bits per heavy atom. The number of anilines is 1. The number of rotatable bonds is 3. The van der Waals surface area contributed by atoms with Crippen LogP contribution in [-0.4, -0.2) is 59.8 Å². The lowest BCUT2D eigenvalue weighted by Crippen LogP contribution is -2.51. The normalized spacial score (nSPS) is 25.5. The molecule has 0 aromatic heterocycles. The first-order valence-electron chi connectivity index (χ1n) is 9.04. The lowest BCUT2D eigenvalue weighted by Gasteiger charge is -2.39. The molecule has 1 spiro atoms. The molecule has 0 aliphatic carbocycles. The summed E-state index contributed by atoms with van der Waals surface area (Å²) in [6, 6.07) is 3.65. The van der Waals surface area contributed by atoms with Gasteiger partial charge in [0, 0.05) is 38.1 Å². The van der Waals surface area contributed by atoms with Crippen molar-refractivity contribution in [3.05, 3.63) is 33.9 Å². The van der Waals surface area contributed by atoms with E-state index < -0.39 is 16.8 Å². The molecule has 1 aromatic rings. The Kier molecular flexibility index (Phi) is 4.45. The van der Waals surface area contributed by atoms with E-state index in [2.05, 4.69) is 0 Å². The summed E-state index contributed by atoms with van der Waals surface area (Å²) in [5, 5.41) is 10.9. The molecule has 0 radical (unpaired) electrons. The van der Waals surface area contributed by atoms with Gasteiger partial charge in [-0.25, -0.2) is 4.90 Å². The minimum absolute atomic E-state index is 0.0650. The van der Waals surface area contributed by atoms with E-state index in [1.54, 1.807) is 6.92 Å². The van der Waals surface area contributed by atoms with Gasteiger partial charge in [-0.3, -0.25) is 24.6 Å². The summed E-state index contributed by atoms with van der Waals surface area (Å²) in [7, 11) is 0. The van der Waals surface area contributed by atoms with E-state index in [1.165, 1.54) is 18.2 Å². The van der Waals surface area contributed by atoms with Crippen molar-refractivity contribution < 1.29 is 24.0 Å². The van der Waals surface area contributed by atoms with Crippen LogP contribution >= 0.6 is 0 Å². The van der Waals surface area contributed by atoms with E-state index in [1.807, 2.05) is 4.90 Å². The molecule has 144 valence electrons. The molecule has 3 aliphatic rings. The van der Waals surface area contributed by atoms with Crippen molar-refractivity contribution in [3.8, 4) is 0 Å². The molecule has 3 heterocycles. The fourth-order valence-electron chi connectivity index (χ4n) is 4.12. The molecule has 4 rings (SSSR count). The molecule has 3 aliphatic heterocycles. The van der Waals surface area contributed by atoms with Crippen molar-refractivity contribution in [2.45, 2.75) is 38.0 Å². The third kappa shape index (κ3) is 3.11. The van der Waals surface area contributed by atoms with Crippen LogP contribution in [0.3, 0.4) is 0 Å². The molecule has 3 saturated heterocycles. The SMILES string of the molecule is Cc1cc([N+](=O)[O-])ccc1N1C(=O)C[C@@H](N2CCC3(CC2)OCCO3)C1=O. The van der Waals surface area contributed by atoms with E-state index in [9.17, 15) is 19.7 Å². The molecule has 0 unspecified atom stereocenters. The van der Waals surface area contributed by atoms with Crippen molar-refractivity contribution in [2.75, 3.05) is 31.2 Å². The molecule has 0 saturated carbocycles. The third-order valence-electron chi connectivity index (χ3n) is 5.57. The average molecular weight is 375 g/mol. The maximum absolute atomic E-state index is 13.0. The molecule has 9 heteroatoms. The number of nitro groups is 1. The maximum Gasteiger partial charge on any atom is 0.269 e. The summed E-state index contributed by atoms with van der Waals surface area (Å²) in [4.78, 5) is 39.1. The number of carbonyl (C=O) groups is 2. The van der Waals surface area contributed by atoms with Crippen LogP contribution in [0.1, 0.15) is 24.8 Å². The van der Waals surface area contributed by atoms with Gasteiger partial charge in [0.15, 0.2) is 5.79 Å². The number of hydrogen-bond donors (Lipinski definition) is 0. The summed E-state index contributed by atoms with van der Waals surface area (Å²) in [5.74, 6) is -1.09. The number of piperidine rings is 1. The predicted octanol–water partition coefficient (Wildman–Crippen LogP) is 1.37. The van der Waals surface area contributed by atoms with Crippen LogP contribution in [0.15, 0.2) is 18.2 Å². The van der Waals surface area contributed by atoms with Crippen LogP contribution in [0.4, 0.5) is 11.4 Å². The van der Waals surface area contributed by atoms with Crippen LogP contribution < -0.4 is 4.90 Å². The minimum atomic E-state index is -0.531. The number of nitrogens with zero attached hydrogens (tertiary/aromatic N) is 3. The fraction of sp³-hybridized carbons (Fsp3) is 0.556. The average Bonchev–Trinajstić information content (AvgIpc) is 3.21. The summed E-state index contributed by atoms with van der Waals surface area (Å²) in [5.41, 5.74) is 0.871. The van der Waals surface area contributed by atoms with Gasteiger partial charge in [0.25, 0.3) is 11.6 Å². The highest BCUT2D eigenvalue weighted by molar-refractivity contribution is 6.22. The van der Waals surface area contributed by atoms with Crippen LogP contribution in [0, 0.1) is 17.0 Å². The number of carbonyl (C=O) groups excluding carboxylic acids is 2. The molecule has 3 fully saturated rings. The van der Waals surface area contributed by atoms with Gasteiger partial charge in [0.05, 0.1) is 36.3 Å². The Balaban J connectivity index is 1.50. The summed E-state index contributed by atoms with van der Waals surface area (Å²) in [6.45, 7) is 4.09. The molecule has 1 atom stereocenters. The number of likely N-dealkylation sites (tertiary alicyclic amines) is 1. The van der Waals surface area contributed by atoms with E-state index in [0.717, 1.165) is 4.90 Å². The lowest BCUT2D eigenvalue weighted by atomic mass is 10.0. The van der Waals surface area contributed by atoms with Gasteiger partial charge < -0.3 is 9.47 Å². The number of ether oxygens (including phenoxy) is 2. The molecular weight excluding hydrogens is 354 g/mol. The molecule has 1 aromatic carbocycles. The predicted molar refractivity (Wildman–Crippen MR) is 94.2 cm³/mol. The Morgan fingerprint density at radius 1 is 1.19 bits per heavy atom. The van der Waals surface area contributed by atoms with Gasteiger partial charge in [-0.15, -0.1) is 0 Å². The number of hydrogen-bond acceptors (Lipinski definition) is 7. The summed E-state index contributed by atoms with van der Waals surface area (Å²) in [6.07, 6.45) is 1.45. The number of aryl methyl sites for hydroxylation is 1. The van der Waals surface area contributed by atoms with Crippen LogP contribution in [0.25, 0.3) is 0 Å². The van der Waals surface area contributed by atoms with Crippen LogP contribution in [0.5, 0.6) is 0 Å². The van der Waals surface area contributed by atoms with Gasteiger partial charge >= 0.3 is 0 Å². The highest BCUT2D eigenvalue weighted by atomic mass is 16.7. The zero-order chi connectivity index (χ0) is 19.2.